The maximum atomic E-state index is 12.9. The highest BCUT2D eigenvalue weighted by atomic mass is 16.6. The molecule has 0 spiro atoms. The Morgan fingerprint density at radius 2 is 2.03 bits per heavy atom. The molecule has 6 nitrogen and oxygen atoms in total. The number of carbonyl (C=O) groups excluding carboxylic acids is 2. The fourth-order valence-electron chi connectivity index (χ4n) is 5.08. The molecule has 0 amide bonds. The first-order valence-corrected chi connectivity index (χ1v) is 11.7. The number of hydrogen-bond donors (Lipinski definition) is 2. The number of carbonyl (C=O) groups is 2. The van der Waals surface area contributed by atoms with Gasteiger partial charge in [-0.2, -0.15) is 0 Å². The van der Waals surface area contributed by atoms with Crippen LogP contribution in [0.15, 0.2) is 23.8 Å². The van der Waals surface area contributed by atoms with Crippen molar-refractivity contribution in [2.24, 2.45) is 29.1 Å². The molecule has 0 aromatic heterocycles. The van der Waals surface area contributed by atoms with Gasteiger partial charge in [0.2, 0.25) is 0 Å². The quantitative estimate of drug-likeness (QED) is 0.595. The summed E-state index contributed by atoms with van der Waals surface area (Å²) in [6.07, 6.45) is 8.60. The van der Waals surface area contributed by atoms with Crippen molar-refractivity contribution in [1.82, 2.24) is 0 Å². The molecule has 3 aliphatic rings. The molecule has 174 valence electrons. The largest absolute Gasteiger partial charge is 0.462 e. The molecule has 0 radical (unpaired) electrons. The molecule has 1 fully saturated rings. The molecule has 0 bridgehead atoms. The number of hydrogen-bond acceptors (Lipinski definition) is 6. The molecular weight excluding hydrogens is 396 g/mol. The zero-order chi connectivity index (χ0) is 22.8. The van der Waals surface area contributed by atoms with Crippen molar-refractivity contribution < 1.29 is 29.3 Å². The van der Waals surface area contributed by atoms with E-state index in [0.717, 1.165) is 12.0 Å². The van der Waals surface area contributed by atoms with Gasteiger partial charge in [0.25, 0.3) is 0 Å². The Labute approximate surface area is 185 Å². The van der Waals surface area contributed by atoms with E-state index in [-0.39, 0.29) is 60.8 Å². The average Bonchev–Trinajstić information content (AvgIpc) is 2.72. The molecule has 1 heterocycles. The third-order valence-electron chi connectivity index (χ3n) is 7.46. The lowest BCUT2D eigenvalue weighted by Crippen LogP contribution is -2.44. The van der Waals surface area contributed by atoms with Gasteiger partial charge in [0.05, 0.1) is 17.9 Å². The second-order valence-electron chi connectivity index (χ2n) is 10.2. The molecule has 1 aliphatic heterocycles. The molecule has 31 heavy (non-hydrogen) atoms. The van der Waals surface area contributed by atoms with E-state index in [0.29, 0.717) is 25.7 Å². The van der Waals surface area contributed by atoms with Crippen molar-refractivity contribution >= 4 is 11.9 Å². The van der Waals surface area contributed by atoms with Crippen LogP contribution in [0.4, 0.5) is 0 Å². The van der Waals surface area contributed by atoms with Gasteiger partial charge in [-0.3, -0.25) is 9.59 Å². The summed E-state index contributed by atoms with van der Waals surface area (Å²) in [4.78, 5) is 24.6. The van der Waals surface area contributed by atoms with Crippen molar-refractivity contribution in [2.45, 2.75) is 84.5 Å². The van der Waals surface area contributed by atoms with Crippen molar-refractivity contribution in [3.05, 3.63) is 23.8 Å². The highest BCUT2D eigenvalue weighted by molar-refractivity contribution is 5.76. The van der Waals surface area contributed by atoms with Gasteiger partial charge in [0.1, 0.15) is 12.2 Å². The van der Waals surface area contributed by atoms with Crippen LogP contribution in [0, 0.1) is 29.1 Å². The van der Waals surface area contributed by atoms with Crippen molar-refractivity contribution in [1.29, 1.82) is 0 Å². The van der Waals surface area contributed by atoms with E-state index < -0.39 is 11.5 Å². The predicted molar refractivity (Wildman–Crippen MR) is 117 cm³/mol. The van der Waals surface area contributed by atoms with Crippen LogP contribution in [-0.4, -0.2) is 47.1 Å². The van der Waals surface area contributed by atoms with Gasteiger partial charge in [-0.15, -0.1) is 0 Å². The normalized spacial score (nSPS) is 35.7. The minimum atomic E-state index is -0.629. The summed E-state index contributed by atoms with van der Waals surface area (Å²) in [5, 5.41) is 19.7. The lowest BCUT2D eigenvalue weighted by Gasteiger charge is -2.44. The number of rotatable bonds is 7. The summed E-state index contributed by atoms with van der Waals surface area (Å²) in [5.41, 5.74) is 0.579. The van der Waals surface area contributed by atoms with Crippen molar-refractivity contribution in [3.63, 3.8) is 0 Å². The Balaban J connectivity index is 1.79. The van der Waals surface area contributed by atoms with Gasteiger partial charge in [0.15, 0.2) is 0 Å². The first-order valence-electron chi connectivity index (χ1n) is 11.7. The van der Waals surface area contributed by atoms with Crippen LogP contribution < -0.4 is 0 Å². The molecule has 2 aliphatic carbocycles. The molecule has 6 heteroatoms. The van der Waals surface area contributed by atoms with Crippen LogP contribution in [0.5, 0.6) is 0 Å². The Morgan fingerprint density at radius 3 is 2.68 bits per heavy atom. The SMILES string of the molecule is CCC(C)(C)C(=O)O[C@@H]1C[C@@H](CO)C=C2C=C[C@@H](C)[C@@H](CC[C@@H]3C[C@@H](O)CC(=O)O3)[C@@H]21. The lowest BCUT2D eigenvalue weighted by atomic mass is 9.65. The van der Waals surface area contributed by atoms with Gasteiger partial charge in [-0.25, -0.2) is 0 Å². The standard InChI is InChI=1S/C25H38O6/c1-5-25(3,4)24(29)31-21-11-16(14-26)10-17-7-6-15(2)20(23(17)21)9-8-19-12-18(27)13-22(28)30-19/h6-7,10,15-16,18-21,23,26-27H,5,8-9,11-14H2,1-4H3/t15-,16+,18-,19-,20-,21-,23-/m1/s1. The molecule has 0 aromatic rings. The summed E-state index contributed by atoms with van der Waals surface area (Å²) < 4.78 is 11.6. The number of aliphatic hydroxyl groups excluding tert-OH is 2. The third-order valence-corrected chi connectivity index (χ3v) is 7.46. The third kappa shape index (κ3) is 5.58. The minimum absolute atomic E-state index is 0.0260. The average molecular weight is 435 g/mol. The summed E-state index contributed by atoms with van der Waals surface area (Å²) in [5.74, 6) is 0.0282. The number of cyclic esters (lactones) is 1. The van der Waals surface area contributed by atoms with E-state index >= 15 is 0 Å². The second kappa shape index (κ2) is 9.86. The summed E-state index contributed by atoms with van der Waals surface area (Å²) in [7, 11) is 0. The fourth-order valence-corrected chi connectivity index (χ4v) is 5.08. The molecule has 7 atom stereocenters. The Bertz CT molecular complexity index is 724. The van der Waals surface area contributed by atoms with Gasteiger partial charge in [-0.1, -0.05) is 32.1 Å². The van der Waals surface area contributed by atoms with E-state index in [1.165, 1.54) is 0 Å². The van der Waals surface area contributed by atoms with E-state index in [1.807, 2.05) is 20.8 Å². The number of allylic oxidation sites excluding steroid dienone is 2. The first kappa shape index (κ1) is 24.0. The molecule has 0 saturated carbocycles. The predicted octanol–water partition coefficient (Wildman–Crippen LogP) is 3.56. The van der Waals surface area contributed by atoms with Crippen LogP contribution >= 0.6 is 0 Å². The van der Waals surface area contributed by atoms with E-state index in [4.69, 9.17) is 9.47 Å². The number of aliphatic hydroxyl groups is 2. The first-order chi connectivity index (χ1) is 14.6. The molecule has 3 rings (SSSR count). The smallest absolute Gasteiger partial charge is 0.311 e. The molecule has 2 N–H and O–H groups in total. The van der Waals surface area contributed by atoms with Gasteiger partial charge < -0.3 is 19.7 Å². The van der Waals surface area contributed by atoms with Crippen LogP contribution in [0.1, 0.15) is 66.2 Å². The Kier molecular flexibility index (Phi) is 7.63. The maximum Gasteiger partial charge on any atom is 0.311 e. The summed E-state index contributed by atoms with van der Waals surface area (Å²) in [6.45, 7) is 8.00. The van der Waals surface area contributed by atoms with Crippen LogP contribution in [-0.2, 0) is 19.1 Å². The maximum absolute atomic E-state index is 12.9. The number of ether oxygens (including phenoxy) is 2. The molecule has 1 saturated heterocycles. The zero-order valence-electron chi connectivity index (χ0n) is 19.3. The van der Waals surface area contributed by atoms with Gasteiger partial charge in [0, 0.05) is 24.9 Å². The van der Waals surface area contributed by atoms with Crippen LogP contribution in [0.3, 0.4) is 0 Å². The highest BCUT2D eigenvalue weighted by Gasteiger charge is 2.43. The fraction of sp³-hybridized carbons (Fsp3) is 0.760. The molecule has 0 aromatic carbocycles. The van der Waals surface area contributed by atoms with E-state index in [1.54, 1.807) is 0 Å². The van der Waals surface area contributed by atoms with Crippen molar-refractivity contribution in [3.8, 4) is 0 Å². The Morgan fingerprint density at radius 1 is 1.29 bits per heavy atom. The van der Waals surface area contributed by atoms with Crippen molar-refractivity contribution in [2.75, 3.05) is 6.61 Å². The number of esters is 2. The zero-order valence-corrected chi connectivity index (χ0v) is 19.3. The topological polar surface area (TPSA) is 93.1 Å². The lowest BCUT2D eigenvalue weighted by molar-refractivity contribution is -0.166. The van der Waals surface area contributed by atoms with Crippen LogP contribution in [0.25, 0.3) is 0 Å². The monoisotopic (exact) mass is 434 g/mol. The van der Waals surface area contributed by atoms with E-state index in [9.17, 15) is 19.8 Å². The Hall–Kier alpha value is -1.66. The minimum Gasteiger partial charge on any atom is -0.462 e. The molecular formula is C25H38O6. The van der Waals surface area contributed by atoms with Gasteiger partial charge >= 0.3 is 11.9 Å². The summed E-state index contributed by atoms with van der Waals surface area (Å²) in [6, 6.07) is 0. The molecule has 0 unspecified atom stereocenters. The second-order valence-corrected chi connectivity index (χ2v) is 10.2. The van der Waals surface area contributed by atoms with Crippen LogP contribution in [0.2, 0.25) is 0 Å². The van der Waals surface area contributed by atoms with Gasteiger partial charge in [-0.05, 0) is 56.9 Å². The number of fused-ring (bicyclic) bond motifs is 1. The summed E-state index contributed by atoms with van der Waals surface area (Å²) >= 11 is 0. The highest BCUT2D eigenvalue weighted by Crippen LogP contribution is 2.45. The van der Waals surface area contributed by atoms with E-state index in [2.05, 4.69) is 25.2 Å².